The number of rotatable bonds is 3. The van der Waals surface area contributed by atoms with E-state index in [1.54, 1.807) is 0 Å². The minimum atomic E-state index is -0.507. The van der Waals surface area contributed by atoms with Crippen LogP contribution in [0.2, 0.25) is 5.02 Å². The second-order valence-corrected chi connectivity index (χ2v) is 4.54. The van der Waals surface area contributed by atoms with Crippen LogP contribution in [-0.4, -0.2) is 0 Å². The Kier molecular flexibility index (Phi) is 3.72. The van der Waals surface area contributed by atoms with E-state index >= 15 is 0 Å². The van der Waals surface area contributed by atoms with E-state index in [9.17, 15) is 4.39 Å². The fourth-order valence-corrected chi connectivity index (χ4v) is 1.91. The predicted octanol–water partition coefficient (Wildman–Crippen LogP) is 4.23. The zero-order chi connectivity index (χ0) is 13.1. The Morgan fingerprint density at radius 2 is 1.89 bits per heavy atom. The van der Waals surface area contributed by atoms with Crippen LogP contribution in [0.1, 0.15) is 18.5 Å². The largest absolute Gasteiger partial charge is 0.397 e. The van der Waals surface area contributed by atoms with Gasteiger partial charge in [0, 0.05) is 12.1 Å². The molecule has 1 atom stereocenters. The number of hydrogen-bond acceptors (Lipinski definition) is 2. The number of anilines is 2. The lowest BCUT2D eigenvalue weighted by molar-refractivity contribution is 0.629. The first-order valence-electron chi connectivity index (χ1n) is 5.64. The van der Waals surface area contributed by atoms with Crippen LogP contribution in [0.3, 0.4) is 0 Å². The molecule has 0 amide bonds. The lowest BCUT2D eigenvalue weighted by atomic mass is 10.1. The zero-order valence-corrected chi connectivity index (χ0v) is 10.7. The Labute approximate surface area is 111 Å². The molecule has 2 aromatic rings. The fourth-order valence-electron chi connectivity index (χ4n) is 1.75. The highest BCUT2D eigenvalue weighted by Gasteiger charge is 2.10. The van der Waals surface area contributed by atoms with Crippen LogP contribution >= 0.6 is 11.6 Å². The van der Waals surface area contributed by atoms with Gasteiger partial charge in [0.05, 0.1) is 16.4 Å². The molecule has 3 N–H and O–H groups in total. The number of halogens is 2. The van der Waals surface area contributed by atoms with Gasteiger partial charge in [0.1, 0.15) is 5.82 Å². The van der Waals surface area contributed by atoms with E-state index in [1.807, 2.05) is 37.3 Å². The standard InChI is InChI=1S/C14H14ClFN2/c1-9(10-5-3-2-4-6-10)18-14-7-11(15)12(16)8-13(14)17/h2-9,18H,17H2,1H3. The molecule has 18 heavy (non-hydrogen) atoms. The summed E-state index contributed by atoms with van der Waals surface area (Å²) in [5.41, 5.74) is 7.86. The SMILES string of the molecule is CC(Nc1cc(Cl)c(F)cc1N)c1ccccc1. The van der Waals surface area contributed by atoms with Gasteiger partial charge in [0.15, 0.2) is 0 Å². The second-order valence-electron chi connectivity index (χ2n) is 4.13. The molecule has 2 aromatic carbocycles. The molecule has 1 unspecified atom stereocenters. The number of hydrogen-bond donors (Lipinski definition) is 2. The van der Waals surface area contributed by atoms with Crippen LogP contribution in [0.5, 0.6) is 0 Å². The smallest absolute Gasteiger partial charge is 0.143 e. The Balaban J connectivity index is 2.22. The van der Waals surface area contributed by atoms with Crippen molar-refractivity contribution in [3.8, 4) is 0 Å². The molecule has 0 aliphatic heterocycles. The second kappa shape index (κ2) is 5.27. The van der Waals surface area contributed by atoms with Crippen molar-refractivity contribution in [2.75, 3.05) is 11.1 Å². The van der Waals surface area contributed by atoms with Crippen LogP contribution in [0.25, 0.3) is 0 Å². The fraction of sp³-hybridized carbons (Fsp3) is 0.143. The topological polar surface area (TPSA) is 38.0 Å². The van der Waals surface area contributed by atoms with Crippen molar-refractivity contribution < 1.29 is 4.39 Å². The lowest BCUT2D eigenvalue weighted by Crippen LogP contribution is -2.08. The van der Waals surface area contributed by atoms with E-state index in [1.165, 1.54) is 12.1 Å². The normalized spacial score (nSPS) is 12.2. The summed E-state index contributed by atoms with van der Waals surface area (Å²) in [5, 5.41) is 3.28. The monoisotopic (exact) mass is 264 g/mol. The maximum Gasteiger partial charge on any atom is 0.143 e. The molecule has 4 heteroatoms. The summed E-state index contributed by atoms with van der Waals surface area (Å²) in [5.74, 6) is -0.507. The quantitative estimate of drug-likeness (QED) is 0.814. The summed E-state index contributed by atoms with van der Waals surface area (Å²) in [7, 11) is 0. The van der Waals surface area contributed by atoms with Crippen molar-refractivity contribution >= 4 is 23.0 Å². The van der Waals surface area contributed by atoms with Crippen LogP contribution < -0.4 is 11.1 Å². The van der Waals surface area contributed by atoms with Gasteiger partial charge in [-0.2, -0.15) is 0 Å². The first-order chi connectivity index (χ1) is 8.58. The third-order valence-corrected chi connectivity index (χ3v) is 3.05. The number of benzene rings is 2. The number of nitrogens with one attached hydrogen (secondary N) is 1. The van der Waals surface area contributed by atoms with Gasteiger partial charge in [0.2, 0.25) is 0 Å². The lowest BCUT2D eigenvalue weighted by Gasteiger charge is -2.17. The zero-order valence-electron chi connectivity index (χ0n) is 9.95. The summed E-state index contributed by atoms with van der Waals surface area (Å²) in [6.45, 7) is 2.01. The molecular formula is C14H14ClFN2. The highest BCUT2D eigenvalue weighted by molar-refractivity contribution is 6.31. The van der Waals surface area contributed by atoms with E-state index in [0.29, 0.717) is 11.4 Å². The molecule has 0 fully saturated rings. The maximum absolute atomic E-state index is 13.2. The third kappa shape index (κ3) is 2.74. The van der Waals surface area contributed by atoms with Crippen LogP contribution in [-0.2, 0) is 0 Å². The predicted molar refractivity (Wildman–Crippen MR) is 74.3 cm³/mol. The number of nitrogen functional groups attached to an aromatic ring is 1. The molecule has 0 aliphatic rings. The molecule has 94 valence electrons. The first kappa shape index (κ1) is 12.7. The number of nitrogens with two attached hydrogens (primary N) is 1. The Hall–Kier alpha value is -1.74. The molecule has 2 rings (SSSR count). The molecular weight excluding hydrogens is 251 g/mol. The van der Waals surface area contributed by atoms with E-state index in [2.05, 4.69) is 5.32 Å². The van der Waals surface area contributed by atoms with Gasteiger partial charge in [0.25, 0.3) is 0 Å². The average molecular weight is 265 g/mol. The van der Waals surface area contributed by atoms with Gasteiger partial charge in [-0.3, -0.25) is 0 Å². The van der Waals surface area contributed by atoms with Crippen molar-refractivity contribution in [1.29, 1.82) is 0 Å². The highest BCUT2D eigenvalue weighted by Crippen LogP contribution is 2.29. The molecule has 2 nitrogen and oxygen atoms in total. The van der Waals surface area contributed by atoms with Crippen LogP contribution in [0.15, 0.2) is 42.5 Å². The molecule has 0 radical (unpaired) electrons. The highest BCUT2D eigenvalue weighted by atomic mass is 35.5. The molecule has 0 saturated heterocycles. The van der Waals surface area contributed by atoms with Crippen molar-refractivity contribution in [1.82, 2.24) is 0 Å². The van der Waals surface area contributed by atoms with Gasteiger partial charge in [-0.25, -0.2) is 4.39 Å². The Morgan fingerprint density at radius 1 is 1.22 bits per heavy atom. The van der Waals surface area contributed by atoms with Crippen LogP contribution in [0, 0.1) is 5.82 Å². The van der Waals surface area contributed by atoms with E-state index < -0.39 is 5.82 Å². The molecule has 0 saturated carbocycles. The van der Waals surface area contributed by atoms with E-state index in [-0.39, 0.29) is 11.1 Å². The molecule has 0 heterocycles. The van der Waals surface area contributed by atoms with Crippen LogP contribution in [0.4, 0.5) is 15.8 Å². The summed E-state index contributed by atoms with van der Waals surface area (Å²) >= 11 is 5.74. The van der Waals surface area contributed by atoms with Crippen molar-refractivity contribution in [3.05, 3.63) is 58.9 Å². The summed E-state index contributed by atoms with van der Waals surface area (Å²) in [6, 6.07) is 12.7. The maximum atomic E-state index is 13.2. The molecule has 0 spiro atoms. The van der Waals surface area contributed by atoms with Crippen molar-refractivity contribution in [3.63, 3.8) is 0 Å². The first-order valence-corrected chi connectivity index (χ1v) is 6.01. The summed E-state index contributed by atoms with van der Waals surface area (Å²) in [4.78, 5) is 0. The molecule has 0 bridgehead atoms. The van der Waals surface area contributed by atoms with Gasteiger partial charge >= 0.3 is 0 Å². The summed E-state index contributed by atoms with van der Waals surface area (Å²) < 4.78 is 13.2. The van der Waals surface area contributed by atoms with E-state index in [0.717, 1.165) is 5.56 Å². The van der Waals surface area contributed by atoms with Gasteiger partial charge < -0.3 is 11.1 Å². The van der Waals surface area contributed by atoms with Gasteiger partial charge in [-0.15, -0.1) is 0 Å². The van der Waals surface area contributed by atoms with Gasteiger partial charge in [-0.1, -0.05) is 41.9 Å². The Bertz CT molecular complexity index is 543. The average Bonchev–Trinajstić information content (AvgIpc) is 2.37. The van der Waals surface area contributed by atoms with Gasteiger partial charge in [-0.05, 0) is 18.6 Å². The van der Waals surface area contributed by atoms with Crippen molar-refractivity contribution in [2.45, 2.75) is 13.0 Å². The minimum Gasteiger partial charge on any atom is -0.397 e. The third-order valence-electron chi connectivity index (χ3n) is 2.76. The molecule has 0 aliphatic carbocycles. The molecule has 0 aromatic heterocycles. The van der Waals surface area contributed by atoms with Crippen molar-refractivity contribution in [2.24, 2.45) is 0 Å². The van der Waals surface area contributed by atoms with E-state index in [4.69, 9.17) is 17.3 Å². The summed E-state index contributed by atoms with van der Waals surface area (Å²) in [6.07, 6.45) is 0. The Morgan fingerprint density at radius 3 is 2.56 bits per heavy atom. The minimum absolute atomic E-state index is 0.0620.